The Morgan fingerprint density at radius 3 is 2.11 bits per heavy atom. The summed E-state index contributed by atoms with van der Waals surface area (Å²) in [6.45, 7) is 4.48. The molecule has 27 heavy (non-hydrogen) atoms. The number of rotatable bonds is 0. The molecule has 0 saturated heterocycles. The van der Waals surface area contributed by atoms with Gasteiger partial charge in [-0.15, -0.1) is 56.7 Å². The zero-order valence-corrected chi connectivity index (χ0v) is 18.6. The molecule has 0 unspecified atom stereocenters. The van der Waals surface area contributed by atoms with Crippen molar-refractivity contribution in [2.75, 3.05) is 0 Å². The van der Waals surface area contributed by atoms with Crippen molar-refractivity contribution in [1.29, 1.82) is 0 Å². The largest absolute Gasteiger partial charge is 0.140 e. The second-order valence-electron chi connectivity index (χ2n) is 7.03. The van der Waals surface area contributed by atoms with E-state index in [-0.39, 0.29) is 0 Å². The first-order valence-corrected chi connectivity index (χ1v) is 12.9. The summed E-state index contributed by atoms with van der Waals surface area (Å²) >= 11 is 9.87. The summed E-state index contributed by atoms with van der Waals surface area (Å²) in [4.78, 5) is 2.81. The number of hydrogen-bond donors (Lipinski definition) is 0. The predicted molar refractivity (Wildman–Crippen MR) is 130 cm³/mol. The molecule has 0 radical (unpaired) electrons. The van der Waals surface area contributed by atoms with Gasteiger partial charge in [0.25, 0.3) is 0 Å². The highest BCUT2D eigenvalue weighted by Gasteiger charge is 2.22. The number of hydrogen-bond acceptors (Lipinski definition) is 5. The Hall–Kier alpha value is -1.50. The molecule has 0 amide bonds. The monoisotopic (exact) mass is 436 g/mol. The predicted octanol–water partition coefficient (Wildman–Crippen LogP) is 9.53. The SMILES string of the molecule is Cc1cc2c3cc(C)sc3c3c(sc4sc5sc6ccccc6c5c43)c2s1. The van der Waals surface area contributed by atoms with Crippen LogP contribution in [-0.4, -0.2) is 0 Å². The fourth-order valence-electron chi connectivity index (χ4n) is 4.28. The normalized spacial score (nSPS) is 12.8. The van der Waals surface area contributed by atoms with Gasteiger partial charge < -0.3 is 0 Å². The first-order chi connectivity index (χ1) is 13.2. The first kappa shape index (κ1) is 15.4. The van der Waals surface area contributed by atoms with Gasteiger partial charge >= 0.3 is 0 Å². The Morgan fingerprint density at radius 2 is 1.26 bits per heavy atom. The van der Waals surface area contributed by atoms with Crippen molar-refractivity contribution >= 4 is 116 Å². The molecular formula is C22H12S5. The van der Waals surface area contributed by atoms with Crippen LogP contribution >= 0.6 is 56.7 Å². The Kier molecular flexibility index (Phi) is 2.91. The Labute approximate surface area is 174 Å². The smallest absolute Gasteiger partial charge is 0.0900 e. The topological polar surface area (TPSA) is 0 Å². The molecule has 0 fully saturated rings. The van der Waals surface area contributed by atoms with Crippen LogP contribution in [0.5, 0.6) is 0 Å². The fraction of sp³-hybridized carbons (Fsp3) is 0.0909. The summed E-state index contributed by atoms with van der Waals surface area (Å²) in [6, 6.07) is 13.7. The quantitative estimate of drug-likeness (QED) is 0.222. The third-order valence-electron chi connectivity index (χ3n) is 5.31. The van der Waals surface area contributed by atoms with Crippen LogP contribution in [0, 0.1) is 13.8 Å². The maximum Gasteiger partial charge on any atom is 0.0900 e. The van der Waals surface area contributed by atoms with Gasteiger partial charge in [0, 0.05) is 51.5 Å². The first-order valence-electron chi connectivity index (χ1n) is 8.77. The summed E-state index contributed by atoms with van der Waals surface area (Å²) in [5.41, 5.74) is 0. The van der Waals surface area contributed by atoms with Gasteiger partial charge in [-0.2, -0.15) is 0 Å². The van der Waals surface area contributed by atoms with Gasteiger partial charge in [-0.1, -0.05) is 18.2 Å². The Bertz CT molecular complexity index is 1690. The van der Waals surface area contributed by atoms with E-state index in [1.165, 1.54) is 68.9 Å². The minimum atomic E-state index is 1.41. The zero-order valence-electron chi connectivity index (χ0n) is 14.5. The van der Waals surface area contributed by atoms with Gasteiger partial charge in [-0.3, -0.25) is 0 Å². The van der Waals surface area contributed by atoms with E-state index in [0.29, 0.717) is 0 Å². The van der Waals surface area contributed by atoms with Crippen molar-refractivity contribution < 1.29 is 0 Å². The van der Waals surface area contributed by atoms with E-state index >= 15 is 0 Å². The van der Waals surface area contributed by atoms with Crippen LogP contribution in [0.2, 0.25) is 0 Å². The van der Waals surface area contributed by atoms with Crippen LogP contribution in [0.4, 0.5) is 0 Å². The van der Waals surface area contributed by atoms with Gasteiger partial charge in [0.1, 0.15) is 0 Å². The summed E-state index contributed by atoms with van der Waals surface area (Å²) in [7, 11) is 0. The van der Waals surface area contributed by atoms with Crippen molar-refractivity contribution in [3.05, 3.63) is 46.2 Å². The minimum absolute atomic E-state index is 1.41. The third kappa shape index (κ3) is 1.87. The maximum absolute atomic E-state index is 2.40. The lowest BCUT2D eigenvalue weighted by Gasteiger charge is -1.98. The summed E-state index contributed by atoms with van der Waals surface area (Å²) in [6.07, 6.45) is 0. The highest BCUT2D eigenvalue weighted by molar-refractivity contribution is 7.52. The molecule has 5 heterocycles. The van der Waals surface area contributed by atoms with Crippen molar-refractivity contribution in [2.24, 2.45) is 0 Å². The number of fused-ring (bicyclic) bond motifs is 12. The van der Waals surface area contributed by atoms with E-state index in [1.54, 1.807) is 0 Å². The number of benzene rings is 2. The van der Waals surface area contributed by atoms with E-state index in [4.69, 9.17) is 0 Å². The zero-order chi connectivity index (χ0) is 17.9. The maximum atomic E-state index is 2.40. The average molecular weight is 437 g/mol. The highest BCUT2D eigenvalue weighted by atomic mass is 32.2. The van der Waals surface area contributed by atoms with E-state index in [0.717, 1.165) is 0 Å². The molecule has 0 bridgehead atoms. The highest BCUT2D eigenvalue weighted by Crippen LogP contribution is 2.55. The molecule has 7 rings (SSSR count). The van der Waals surface area contributed by atoms with Crippen LogP contribution in [0.15, 0.2) is 36.4 Å². The Morgan fingerprint density at radius 1 is 0.556 bits per heavy atom. The molecule has 5 heteroatoms. The van der Waals surface area contributed by atoms with Crippen molar-refractivity contribution in [3.63, 3.8) is 0 Å². The molecule has 0 nitrogen and oxygen atoms in total. The molecule has 0 aliphatic rings. The summed E-state index contributed by atoms with van der Waals surface area (Å²) in [5, 5.41) is 8.82. The molecule has 5 aromatic heterocycles. The number of aryl methyl sites for hydroxylation is 2. The van der Waals surface area contributed by atoms with E-state index in [2.05, 4.69) is 50.2 Å². The van der Waals surface area contributed by atoms with Crippen LogP contribution in [-0.2, 0) is 0 Å². The molecule has 0 atom stereocenters. The second kappa shape index (κ2) is 5.10. The summed E-state index contributed by atoms with van der Waals surface area (Å²) < 4.78 is 8.83. The van der Waals surface area contributed by atoms with Gasteiger partial charge in [0.2, 0.25) is 0 Å². The fourth-order valence-corrected chi connectivity index (χ4v) is 10.9. The Balaban J connectivity index is 1.87. The van der Waals surface area contributed by atoms with Crippen molar-refractivity contribution in [2.45, 2.75) is 13.8 Å². The lowest BCUT2D eigenvalue weighted by Crippen LogP contribution is -1.70. The number of thiophene rings is 5. The average Bonchev–Trinajstić information content (AvgIpc) is 3.38. The lowest BCUT2D eigenvalue weighted by atomic mass is 10.1. The molecule has 0 aliphatic heterocycles. The van der Waals surface area contributed by atoms with Gasteiger partial charge in [0.15, 0.2) is 0 Å². The van der Waals surface area contributed by atoms with E-state index in [1.807, 2.05) is 56.7 Å². The van der Waals surface area contributed by atoms with Crippen molar-refractivity contribution in [1.82, 2.24) is 0 Å². The molecule has 130 valence electrons. The van der Waals surface area contributed by atoms with Gasteiger partial charge in [0.05, 0.1) is 17.4 Å². The van der Waals surface area contributed by atoms with Crippen LogP contribution in [0.1, 0.15) is 9.75 Å². The third-order valence-corrected chi connectivity index (χ3v) is 11.3. The molecule has 0 saturated carbocycles. The second-order valence-corrected chi connectivity index (χ2v) is 13.2. The van der Waals surface area contributed by atoms with Crippen LogP contribution < -0.4 is 0 Å². The minimum Gasteiger partial charge on any atom is -0.140 e. The van der Waals surface area contributed by atoms with E-state index < -0.39 is 0 Å². The molecule has 0 spiro atoms. The molecular weight excluding hydrogens is 425 g/mol. The van der Waals surface area contributed by atoms with Gasteiger partial charge in [-0.25, -0.2) is 0 Å². The summed E-state index contributed by atoms with van der Waals surface area (Å²) in [5.74, 6) is 0. The molecule has 7 aromatic rings. The van der Waals surface area contributed by atoms with Crippen molar-refractivity contribution in [3.8, 4) is 0 Å². The lowest BCUT2D eigenvalue weighted by molar-refractivity contribution is 1.65. The molecule has 2 aromatic carbocycles. The standard InChI is InChI=1S/C22H12S5/c1-9-7-12-13-8-10(2)24-19(13)20-17(18(12)23-9)16-15-11-5-3-4-6-14(11)25-21(15)27-22(16)26-20/h3-8H,1-2H3. The van der Waals surface area contributed by atoms with E-state index in [9.17, 15) is 0 Å². The van der Waals surface area contributed by atoms with Gasteiger partial charge in [-0.05, 0) is 32.0 Å². The van der Waals surface area contributed by atoms with Crippen LogP contribution in [0.25, 0.3) is 59.1 Å². The molecule has 0 N–H and O–H groups in total. The molecule has 0 aliphatic carbocycles. The van der Waals surface area contributed by atoms with Crippen LogP contribution in [0.3, 0.4) is 0 Å².